The molecule has 2 unspecified atom stereocenters. The highest BCUT2D eigenvalue weighted by molar-refractivity contribution is 5.77. The predicted octanol–water partition coefficient (Wildman–Crippen LogP) is 2.97. The van der Waals surface area contributed by atoms with E-state index in [1.165, 1.54) is 0 Å². The molecule has 0 spiro atoms. The number of hydrogen-bond donors (Lipinski definition) is 2. The molecule has 0 fully saturated rings. The van der Waals surface area contributed by atoms with Crippen LogP contribution in [0.2, 0.25) is 0 Å². The number of nitrogens with zero attached hydrogens (tertiary/aromatic N) is 1. The van der Waals surface area contributed by atoms with Gasteiger partial charge in [0.15, 0.2) is 0 Å². The van der Waals surface area contributed by atoms with Crippen molar-refractivity contribution in [2.75, 3.05) is 13.1 Å². The normalized spacial score (nSPS) is 13.3. The van der Waals surface area contributed by atoms with Crippen molar-refractivity contribution in [3.63, 3.8) is 0 Å². The Bertz CT molecular complexity index is 640. The van der Waals surface area contributed by atoms with Gasteiger partial charge < -0.3 is 15.7 Å². The second-order valence-corrected chi connectivity index (χ2v) is 6.08. The number of carbonyl (C=O) groups excluding carboxylic acids is 1. The van der Waals surface area contributed by atoms with Crippen LogP contribution in [0, 0.1) is 6.92 Å². The molecule has 0 radical (unpaired) electrons. The van der Waals surface area contributed by atoms with E-state index in [9.17, 15) is 9.90 Å². The standard InChI is InChI=1S/C20H26N2O2/c1-3-22(14-19(23)17-11-9-15(2)10-12-17)20(24)13-18(21)16-7-5-4-6-8-16/h4-12,18-19,23H,3,13-14,21H2,1-2H3. The van der Waals surface area contributed by atoms with Crippen LogP contribution < -0.4 is 5.73 Å². The Morgan fingerprint density at radius 1 is 1.08 bits per heavy atom. The Kier molecular flexibility index (Phi) is 6.53. The number of aryl methyl sites for hydroxylation is 1. The molecule has 0 heterocycles. The SMILES string of the molecule is CCN(CC(O)c1ccc(C)cc1)C(=O)CC(N)c1ccccc1. The van der Waals surface area contributed by atoms with E-state index in [2.05, 4.69) is 0 Å². The first-order valence-corrected chi connectivity index (χ1v) is 8.34. The third-order valence-electron chi connectivity index (χ3n) is 4.21. The fourth-order valence-corrected chi connectivity index (χ4v) is 2.65. The number of rotatable bonds is 7. The zero-order chi connectivity index (χ0) is 17.5. The molecule has 0 aliphatic carbocycles. The van der Waals surface area contributed by atoms with E-state index in [4.69, 9.17) is 5.73 Å². The van der Waals surface area contributed by atoms with E-state index < -0.39 is 6.10 Å². The van der Waals surface area contributed by atoms with Gasteiger partial charge in [0.25, 0.3) is 0 Å². The second kappa shape index (κ2) is 8.62. The second-order valence-electron chi connectivity index (χ2n) is 6.08. The molecule has 128 valence electrons. The third-order valence-corrected chi connectivity index (χ3v) is 4.21. The summed E-state index contributed by atoms with van der Waals surface area (Å²) in [5.41, 5.74) is 9.04. The van der Waals surface area contributed by atoms with Crippen LogP contribution in [-0.2, 0) is 4.79 Å². The lowest BCUT2D eigenvalue weighted by molar-refractivity contribution is -0.132. The minimum atomic E-state index is -0.692. The van der Waals surface area contributed by atoms with E-state index in [0.29, 0.717) is 6.54 Å². The first-order chi connectivity index (χ1) is 11.5. The molecule has 1 amide bonds. The first-order valence-electron chi connectivity index (χ1n) is 8.34. The van der Waals surface area contributed by atoms with Crippen molar-refractivity contribution in [1.29, 1.82) is 0 Å². The van der Waals surface area contributed by atoms with Crippen molar-refractivity contribution in [3.8, 4) is 0 Å². The molecule has 4 nitrogen and oxygen atoms in total. The Labute approximate surface area is 143 Å². The summed E-state index contributed by atoms with van der Waals surface area (Å²) in [6, 6.07) is 17.0. The third kappa shape index (κ3) is 4.91. The van der Waals surface area contributed by atoms with Gasteiger partial charge in [-0.15, -0.1) is 0 Å². The average Bonchev–Trinajstić information content (AvgIpc) is 2.60. The molecule has 24 heavy (non-hydrogen) atoms. The predicted molar refractivity (Wildman–Crippen MR) is 96.4 cm³/mol. The molecule has 0 saturated heterocycles. The first kappa shape index (κ1) is 18.2. The summed E-state index contributed by atoms with van der Waals surface area (Å²) in [5, 5.41) is 10.4. The molecule has 2 rings (SSSR count). The minimum Gasteiger partial charge on any atom is -0.387 e. The van der Waals surface area contributed by atoms with Crippen molar-refractivity contribution in [2.24, 2.45) is 5.73 Å². The Morgan fingerprint density at radius 2 is 1.71 bits per heavy atom. The van der Waals surface area contributed by atoms with Gasteiger partial charge in [-0.3, -0.25) is 4.79 Å². The quantitative estimate of drug-likeness (QED) is 0.822. The van der Waals surface area contributed by atoms with Gasteiger partial charge in [0, 0.05) is 19.0 Å². The summed E-state index contributed by atoms with van der Waals surface area (Å²) in [7, 11) is 0. The van der Waals surface area contributed by atoms with Crippen LogP contribution in [0.4, 0.5) is 0 Å². The fraction of sp³-hybridized carbons (Fsp3) is 0.350. The van der Waals surface area contributed by atoms with Crippen LogP contribution in [0.15, 0.2) is 54.6 Å². The number of nitrogens with two attached hydrogens (primary N) is 1. The number of amides is 1. The topological polar surface area (TPSA) is 66.6 Å². The van der Waals surface area contributed by atoms with Gasteiger partial charge in [-0.05, 0) is 25.0 Å². The summed E-state index contributed by atoms with van der Waals surface area (Å²) >= 11 is 0. The van der Waals surface area contributed by atoms with Gasteiger partial charge in [-0.2, -0.15) is 0 Å². The van der Waals surface area contributed by atoms with Crippen molar-refractivity contribution in [3.05, 3.63) is 71.3 Å². The maximum atomic E-state index is 12.5. The monoisotopic (exact) mass is 326 g/mol. The van der Waals surface area contributed by atoms with Crippen molar-refractivity contribution in [2.45, 2.75) is 32.4 Å². The van der Waals surface area contributed by atoms with Crippen molar-refractivity contribution in [1.82, 2.24) is 4.90 Å². The van der Waals surface area contributed by atoms with E-state index in [-0.39, 0.29) is 24.9 Å². The van der Waals surface area contributed by atoms with Gasteiger partial charge in [0.2, 0.25) is 5.91 Å². The lowest BCUT2D eigenvalue weighted by Crippen LogP contribution is -2.36. The summed E-state index contributed by atoms with van der Waals surface area (Å²) in [4.78, 5) is 14.2. The molecule has 0 bridgehead atoms. The fourth-order valence-electron chi connectivity index (χ4n) is 2.65. The molecule has 2 atom stereocenters. The Hall–Kier alpha value is -2.17. The molecule has 0 aliphatic rings. The maximum absolute atomic E-state index is 12.5. The molecule has 4 heteroatoms. The maximum Gasteiger partial charge on any atom is 0.224 e. The largest absolute Gasteiger partial charge is 0.387 e. The van der Waals surface area contributed by atoms with Gasteiger partial charge >= 0.3 is 0 Å². The average molecular weight is 326 g/mol. The highest BCUT2D eigenvalue weighted by atomic mass is 16.3. The summed E-state index contributed by atoms with van der Waals surface area (Å²) < 4.78 is 0. The molecular formula is C20H26N2O2. The van der Waals surface area contributed by atoms with E-state index >= 15 is 0 Å². The van der Waals surface area contributed by atoms with E-state index in [1.54, 1.807) is 4.90 Å². The highest BCUT2D eigenvalue weighted by Crippen LogP contribution is 2.18. The zero-order valence-electron chi connectivity index (χ0n) is 14.4. The number of aliphatic hydroxyl groups excluding tert-OH is 1. The summed E-state index contributed by atoms with van der Waals surface area (Å²) in [6.45, 7) is 4.74. The van der Waals surface area contributed by atoms with Crippen LogP contribution in [0.25, 0.3) is 0 Å². The van der Waals surface area contributed by atoms with Gasteiger partial charge in [0.1, 0.15) is 0 Å². The molecule has 0 aromatic heterocycles. The Morgan fingerprint density at radius 3 is 2.29 bits per heavy atom. The molecule has 2 aromatic rings. The van der Waals surface area contributed by atoms with Crippen molar-refractivity contribution < 1.29 is 9.90 Å². The molecule has 0 saturated carbocycles. The lowest BCUT2D eigenvalue weighted by atomic mass is 10.0. The Balaban J connectivity index is 1.97. The van der Waals surface area contributed by atoms with E-state index in [1.807, 2.05) is 68.4 Å². The number of likely N-dealkylation sites (N-methyl/N-ethyl adjacent to an activating group) is 1. The van der Waals surface area contributed by atoms with Crippen LogP contribution in [0.1, 0.15) is 42.2 Å². The van der Waals surface area contributed by atoms with Crippen LogP contribution >= 0.6 is 0 Å². The lowest BCUT2D eigenvalue weighted by Gasteiger charge is -2.25. The number of carbonyl (C=O) groups is 1. The number of benzene rings is 2. The molecular weight excluding hydrogens is 300 g/mol. The van der Waals surface area contributed by atoms with Gasteiger partial charge in [-0.1, -0.05) is 60.2 Å². The summed E-state index contributed by atoms with van der Waals surface area (Å²) in [6.07, 6.45) is -0.458. The van der Waals surface area contributed by atoms with Crippen molar-refractivity contribution >= 4 is 5.91 Å². The molecule has 0 aliphatic heterocycles. The van der Waals surface area contributed by atoms with Gasteiger partial charge in [0.05, 0.1) is 12.6 Å². The van der Waals surface area contributed by atoms with Crippen LogP contribution in [0.5, 0.6) is 0 Å². The summed E-state index contributed by atoms with van der Waals surface area (Å²) in [5.74, 6) is -0.0417. The zero-order valence-corrected chi connectivity index (χ0v) is 14.4. The molecule has 2 aromatic carbocycles. The number of aliphatic hydroxyl groups is 1. The van der Waals surface area contributed by atoms with E-state index in [0.717, 1.165) is 16.7 Å². The van der Waals surface area contributed by atoms with Crippen LogP contribution in [-0.4, -0.2) is 29.0 Å². The molecule has 3 N–H and O–H groups in total. The minimum absolute atomic E-state index is 0.0417. The number of hydrogen-bond acceptors (Lipinski definition) is 3. The van der Waals surface area contributed by atoms with Crippen LogP contribution in [0.3, 0.4) is 0 Å². The van der Waals surface area contributed by atoms with Gasteiger partial charge in [-0.25, -0.2) is 0 Å². The highest BCUT2D eigenvalue weighted by Gasteiger charge is 2.20. The smallest absolute Gasteiger partial charge is 0.224 e.